The minimum absolute atomic E-state index is 0.433. The predicted octanol–water partition coefficient (Wildman–Crippen LogP) is 4.48. The van der Waals surface area contributed by atoms with Crippen molar-refractivity contribution < 1.29 is 9.47 Å². The van der Waals surface area contributed by atoms with Crippen LogP contribution in [0.2, 0.25) is 0 Å². The lowest BCUT2D eigenvalue weighted by molar-refractivity contribution is 0.317. The second-order valence-electron chi connectivity index (χ2n) is 4.89. The van der Waals surface area contributed by atoms with Gasteiger partial charge in [0.05, 0.1) is 11.6 Å². The van der Waals surface area contributed by atoms with E-state index in [1.54, 1.807) is 7.11 Å². The zero-order valence-electron chi connectivity index (χ0n) is 12.3. The molecular formula is C15H21BrClNO2. The molecule has 5 heteroatoms. The molecule has 0 spiro atoms. The molecule has 0 heterocycles. The molecule has 20 heavy (non-hydrogen) atoms. The van der Waals surface area contributed by atoms with Crippen molar-refractivity contribution in [1.82, 2.24) is 5.32 Å². The number of methoxy groups -OCH3 is 1. The van der Waals surface area contributed by atoms with E-state index < -0.39 is 0 Å². The average molecular weight is 363 g/mol. The summed E-state index contributed by atoms with van der Waals surface area (Å²) in [6.45, 7) is 7.36. The maximum atomic E-state index is 5.75. The smallest absolute Gasteiger partial charge is 0.175 e. The van der Waals surface area contributed by atoms with Gasteiger partial charge < -0.3 is 14.8 Å². The van der Waals surface area contributed by atoms with Crippen LogP contribution in [-0.2, 0) is 6.54 Å². The molecule has 1 N–H and O–H groups in total. The third kappa shape index (κ3) is 5.35. The molecule has 0 fully saturated rings. The third-order valence-corrected chi connectivity index (χ3v) is 3.60. The van der Waals surface area contributed by atoms with Gasteiger partial charge in [-0.15, -0.1) is 0 Å². The van der Waals surface area contributed by atoms with E-state index in [1.165, 1.54) is 5.54 Å². The molecule has 0 aliphatic heterocycles. The zero-order chi connectivity index (χ0) is 15.1. The minimum Gasteiger partial charge on any atom is -0.493 e. The van der Waals surface area contributed by atoms with Gasteiger partial charge in [-0.1, -0.05) is 25.4 Å². The van der Waals surface area contributed by atoms with Crippen molar-refractivity contribution in [3.8, 4) is 11.5 Å². The zero-order valence-corrected chi connectivity index (χ0v) is 14.6. The van der Waals surface area contributed by atoms with Crippen molar-refractivity contribution in [3.63, 3.8) is 0 Å². The number of rotatable bonds is 7. The summed E-state index contributed by atoms with van der Waals surface area (Å²) in [6, 6.07) is 4.45. The summed E-state index contributed by atoms with van der Waals surface area (Å²) < 4.78 is 12.0. The van der Waals surface area contributed by atoms with Crippen molar-refractivity contribution >= 4 is 27.5 Å². The molecule has 0 atom stereocenters. The second kappa shape index (κ2) is 8.55. The van der Waals surface area contributed by atoms with Gasteiger partial charge in [0.15, 0.2) is 11.5 Å². The lowest BCUT2D eigenvalue weighted by atomic mass is 10.2. The highest BCUT2D eigenvalue weighted by atomic mass is 79.9. The molecule has 1 rings (SSSR count). The first kappa shape index (κ1) is 17.3. The fourth-order valence-corrected chi connectivity index (χ4v) is 2.22. The molecule has 0 bridgehead atoms. The molecule has 0 unspecified atom stereocenters. The predicted molar refractivity (Wildman–Crippen MR) is 87.8 cm³/mol. The van der Waals surface area contributed by atoms with E-state index in [9.17, 15) is 0 Å². The van der Waals surface area contributed by atoms with E-state index in [-0.39, 0.29) is 0 Å². The highest BCUT2D eigenvalue weighted by Gasteiger charge is 2.12. The van der Waals surface area contributed by atoms with Crippen molar-refractivity contribution in [2.45, 2.75) is 33.4 Å². The topological polar surface area (TPSA) is 30.5 Å². The molecule has 0 saturated heterocycles. The summed E-state index contributed by atoms with van der Waals surface area (Å²) in [5, 5.41) is 3.38. The highest BCUT2D eigenvalue weighted by molar-refractivity contribution is 9.10. The molecule has 112 valence electrons. The fraction of sp³-hybridized carbons (Fsp3) is 0.467. The molecule has 0 aliphatic carbocycles. The normalized spacial score (nSPS) is 11.8. The quantitative estimate of drug-likeness (QED) is 0.776. The van der Waals surface area contributed by atoms with Crippen LogP contribution in [0.4, 0.5) is 0 Å². The molecule has 3 nitrogen and oxygen atoms in total. The van der Waals surface area contributed by atoms with Gasteiger partial charge in [0.25, 0.3) is 0 Å². The number of nitrogens with one attached hydrogen (secondary N) is 1. The third-order valence-electron chi connectivity index (χ3n) is 2.63. The summed E-state index contributed by atoms with van der Waals surface area (Å²) in [6.07, 6.45) is 0. The Hall–Kier alpha value is -0.710. The van der Waals surface area contributed by atoms with Crippen LogP contribution in [0.25, 0.3) is 0 Å². The number of ether oxygens (including phenoxy) is 2. The molecule has 0 saturated carbocycles. The average Bonchev–Trinajstić information content (AvgIpc) is 2.42. The number of hydrogen-bond donors (Lipinski definition) is 1. The lowest BCUT2D eigenvalue weighted by Crippen LogP contribution is -2.21. The standard InChI is InChI=1S/C15H21BrClNO2/c1-10(2)18-8-12-5-13(16)15(14(6-12)19-4)20-9-11(3)7-17/h5-7,10,18H,8-9H2,1-4H3/b11-7+. The van der Waals surface area contributed by atoms with E-state index in [0.29, 0.717) is 24.1 Å². The second-order valence-corrected chi connectivity index (χ2v) is 5.96. The van der Waals surface area contributed by atoms with Gasteiger partial charge in [-0.3, -0.25) is 0 Å². The largest absolute Gasteiger partial charge is 0.493 e. The molecular weight excluding hydrogens is 342 g/mol. The van der Waals surface area contributed by atoms with Crippen LogP contribution in [0.5, 0.6) is 11.5 Å². The van der Waals surface area contributed by atoms with Gasteiger partial charge >= 0.3 is 0 Å². The van der Waals surface area contributed by atoms with Gasteiger partial charge in [-0.2, -0.15) is 0 Å². The van der Waals surface area contributed by atoms with Crippen molar-refractivity contribution in [1.29, 1.82) is 0 Å². The fourth-order valence-electron chi connectivity index (χ4n) is 1.55. The minimum atomic E-state index is 0.433. The molecule has 0 aliphatic rings. The van der Waals surface area contributed by atoms with Crippen LogP contribution in [0.3, 0.4) is 0 Å². The Morgan fingerprint density at radius 2 is 2.15 bits per heavy atom. The van der Waals surface area contributed by atoms with Crippen LogP contribution >= 0.6 is 27.5 Å². The van der Waals surface area contributed by atoms with Crippen LogP contribution in [0.15, 0.2) is 27.7 Å². The summed E-state index contributed by atoms with van der Waals surface area (Å²) in [7, 11) is 1.64. The van der Waals surface area contributed by atoms with E-state index in [1.807, 2.05) is 19.1 Å². The van der Waals surface area contributed by atoms with Crippen LogP contribution in [0.1, 0.15) is 26.3 Å². The molecule has 1 aromatic carbocycles. The van der Waals surface area contributed by atoms with Gasteiger partial charge in [-0.05, 0) is 46.1 Å². The Balaban J connectivity index is 2.90. The van der Waals surface area contributed by atoms with Crippen molar-refractivity contribution in [2.75, 3.05) is 13.7 Å². The lowest BCUT2D eigenvalue weighted by Gasteiger charge is -2.15. The Morgan fingerprint density at radius 1 is 1.45 bits per heavy atom. The molecule has 1 aromatic rings. The first-order valence-corrected chi connectivity index (χ1v) is 7.69. The van der Waals surface area contributed by atoms with Crippen molar-refractivity contribution in [3.05, 3.63) is 33.3 Å². The van der Waals surface area contributed by atoms with E-state index >= 15 is 0 Å². The number of halogens is 2. The van der Waals surface area contributed by atoms with Gasteiger partial charge in [-0.25, -0.2) is 0 Å². The maximum absolute atomic E-state index is 5.75. The van der Waals surface area contributed by atoms with E-state index in [4.69, 9.17) is 21.1 Å². The maximum Gasteiger partial charge on any atom is 0.175 e. The summed E-state index contributed by atoms with van der Waals surface area (Å²) in [4.78, 5) is 0. The van der Waals surface area contributed by atoms with Gasteiger partial charge in [0, 0.05) is 18.1 Å². The summed E-state index contributed by atoms with van der Waals surface area (Å²) in [5.41, 5.74) is 3.60. The monoisotopic (exact) mass is 361 g/mol. The van der Waals surface area contributed by atoms with Crippen LogP contribution < -0.4 is 14.8 Å². The SMILES string of the molecule is COc1cc(CNC(C)C)cc(Br)c1OC/C(C)=C/Cl. The number of benzene rings is 1. The van der Waals surface area contributed by atoms with Crippen molar-refractivity contribution in [2.24, 2.45) is 0 Å². The Kier molecular flexibility index (Phi) is 7.41. The molecule has 0 amide bonds. The molecule has 0 aromatic heterocycles. The first-order valence-electron chi connectivity index (χ1n) is 6.46. The van der Waals surface area contributed by atoms with Gasteiger partial charge in [0.1, 0.15) is 6.61 Å². The van der Waals surface area contributed by atoms with E-state index in [2.05, 4.69) is 35.1 Å². The van der Waals surface area contributed by atoms with Crippen LogP contribution in [-0.4, -0.2) is 19.8 Å². The van der Waals surface area contributed by atoms with E-state index in [0.717, 1.165) is 22.2 Å². The van der Waals surface area contributed by atoms with Crippen LogP contribution in [0, 0.1) is 0 Å². The summed E-state index contributed by atoms with van der Waals surface area (Å²) >= 11 is 9.17. The number of hydrogen-bond acceptors (Lipinski definition) is 3. The Labute approximate surface area is 134 Å². The first-order chi connectivity index (χ1) is 9.47. The highest BCUT2D eigenvalue weighted by Crippen LogP contribution is 2.37. The summed E-state index contributed by atoms with van der Waals surface area (Å²) in [5.74, 6) is 1.40. The Morgan fingerprint density at radius 3 is 2.70 bits per heavy atom. The Bertz CT molecular complexity index is 475. The molecule has 0 radical (unpaired) electrons. The van der Waals surface area contributed by atoms with Gasteiger partial charge in [0.2, 0.25) is 0 Å².